The third kappa shape index (κ3) is 1.93. The molecule has 0 saturated heterocycles. The highest BCUT2D eigenvalue weighted by molar-refractivity contribution is 5.59. The van der Waals surface area contributed by atoms with Gasteiger partial charge in [-0.15, -0.1) is 0 Å². The van der Waals surface area contributed by atoms with Gasteiger partial charge in [-0.2, -0.15) is 5.10 Å². The fraction of sp³-hybridized carbons (Fsp3) is 0.375. The first-order valence-corrected chi connectivity index (χ1v) is 3.84. The van der Waals surface area contributed by atoms with Crippen LogP contribution in [0.15, 0.2) is 17.1 Å². The highest BCUT2D eigenvalue weighted by Gasteiger charge is 2.05. The number of aromatic nitrogens is 2. The maximum Gasteiger partial charge on any atom is 0.290 e. The van der Waals surface area contributed by atoms with Crippen LogP contribution in [0.25, 0.3) is 0 Å². The number of carbonyl (C=O) groups excluding carboxylic acids is 1. The van der Waals surface area contributed by atoms with Crippen LogP contribution in [0, 0.1) is 0 Å². The van der Waals surface area contributed by atoms with Crippen molar-refractivity contribution in [2.75, 3.05) is 18.5 Å². The van der Waals surface area contributed by atoms with Gasteiger partial charge >= 0.3 is 0 Å². The van der Waals surface area contributed by atoms with E-state index in [2.05, 4.69) is 5.10 Å². The van der Waals surface area contributed by atoms with Crippen molar-refractivity contribution in [1.29, 1.82) is 0 Å². The molecule has 70 valence electrons. The summed E-state index contributed by atoms with van der Waals surface area (Å²) >= 11 is 0. The topological polar surface area (TPSA) is 55.2 Å². The highest BCUT2D eigenvalue weighted by Crippen LogP contribution is 2.01. The van der Waals surface area contributed by atoms with Gasteiger partial charge in [-0.25, -0.2) is 4.68 Å². The van der Waals surface area contributed by atoms with Crippen LogP contribution in [-0.2, 0) is 11.8 Å². The molecule has 0 saturated carbocycles. The fourth-order valence-corrected chi connectivity index (χ4v) is 0.994. The summed E-state index contributed by atoms with van der Waals surface area (Å²) in [6.45, 7) is 0.208. The zero-order chi connectivity index (χ0) is 9.84. The fourth-order valence-electron chi connectivity index (χ4n) is 0.994. The number of carbonyl (C=O) groups is 1. The number of aryl methyl sites for hydroxylation is 1. The van der Waals surface area contributed by atoms with E-state index < -0.39 is 0 Å². The molecule has 0 spiro atoms. The number of rotatable bonds is 3. The molecule has 13 heavy (non-hydrogen) atoms. The van der Waals surface area contributed by atoms with Crippen molar-refractivity contribution in [3.8, 4) is 0 Å². The lowest BCUT2D eigenvalue weighted by Gasteiger charge is -2.14. The van der Waals surface area contributed by atoms with Crippen molar-refractivity contribution < 1.29 is 4.79 Å². The van der Waals surface area contributed by atoms with Crippen molar-refractivity contribution in [1.82, 2.24) is 9.78 Å². The molecule has 1 aromatic heterocycles. The second-order valence-corrected chi connectivity index (χ2v) is 2.69. The summed E-state index contributed by atoms with van der Waals surface area (Å²) in [6, 6.07) is 1.59. The van der Waals surface area contributed by atoms with Gasteiger partial charge in [0.2, 0.25) is 0 Å². The van der Waals surface area contributed by atoms with E-state index in [4.69, 9.17) is 0 Å². The van der Waals surface area contributed by atoms with Crippen LogP contribution < -0.4 is 10.5 Å². The Labute approximate surface area is 75.6 Å². The SMILES string of the molecule is CN(CC=O)c1ccnn(C)c1=O. The number of aldehydes is 1. The Bertz CT molecular complexity index is 359. The monoisotopic (exact) mass is 181 g/mol. The van der Waals surface area contributed by atoms with E-state index >= 15 is 0 Å². The zero-order valence-corrected chi connectivity index (χ0v) is 7.60. The van der Waals surface area contributed by atoms with Crippen molar-refractivity contribution >= 4 is 12.0 Å². The Morgan fingerprint density at radius 1 is 1.69 bits per heavy atom. The normalized spacial score (nSPS) is 9.69. The van der Waals surface area contributed by atoms with E-state index in [1.54, 1.807) is 25.1 Å². The Morgan fingerprint density at radius 2 is 2.38 bits per heavy atom. The lowest BCUT2D eigenvalue weighted by atomic mass is 10.4. The molecule has 0 N–H and O–H groups in total. The first-order chi connectivity index (χ1) is 6.16. The molecule has 0 radical (unpaired) electrons. The molecule has 1 rings (SSSR count). The molecule has 0 atom stereocenters. The molecular formula is C8H11N3O2. The summed E-state index contributed by atoms with van der Waals surface area (Å²) in [5, 5.41) is 3.77. The molecule has 0 aromatic carbocycles. The average molecular weight is 181 g/mol. The zero-order valence-electron chi connectivity index (χ0n) is 7.60. The summed E-state index contributed by atoms with van der Waals surface area (Å²) in [6.07, 6.45) is 2.28. The average Bonchev–Trinajstić information content (AvgIpc) is 2.10. The van der Waals surface area contributed by atoms with E-state index in [-0.39, 0.29) is 12.1 Å². The number of hydrogen-bond acceptors (Lipinski definition) is 4. The number of anilines is 1. The van der Waals surface area contributed by atoms with E-state index in [0.717, 1.165) is 6.29 Å². The molecule has 0 fully saturated rings. The van der Waals surface area contributed by atoms with Crippen molar-refractivity contribution in [2.24, 2.45) is 7.05 Å². The molecule has 0 aliphatic heterocycles. The minimum Gasteiger partial charge on any atom is -0.363 e. The summed E-state index contributed by atoms with van der Waals surface area (Å²) in [5.41, 5.74) is 0.274. The second-order valence-electron chi connectivity index (χ2n) is 2.69. The quantitative estimate of drug-likeness (QED) is 0.585. The van der Waals surface area contributed by atoms with Crippen LogP contribution in [0.2, 0.25) is 0 Å². The summed E-state index contributed by atoms with van der Waals surface area (Å²) in [4.78, 5) is 23.2. The van der Waals surface area contributed by atoms with Gasteiger partial charge in [0, 0.05) is 20.3 Å². The first kappa shape index (κ1) is 9.44. The molecule has 1 heterocycles. The van der Waals surface area contributed by atoms with Crippen LogP contribution in [0.5, 0.6) is 0 Å². The van der Waals surface area contributed by atoms with Gasteiger partial charge in [0.05, 0.1) is 6.54 Å². The maximum atomic E-state index is 11.4. The Morgan fingerprint density at radius 3 is 3.00 bits per heavy atom. The van der Waals surface area contributed by atoms with Crippen LogP contribution in [0.3, 0.4) is 0 Å². The first-order valence-electron chi connectivity index (χ1n) is 3.84. The molecule has 0 amide bonds. The van der Waals surface area contributed by atoms with E-state index in [9.17, 15) is 9.59 Å². The van der Waals surface area contributed by atoms with Gasteiger partial charge in [0.25, 0.3) is 5.56 Å². The predicted molar refractivity (Wildman–Crippen MR) is 48.8 cm³/mol. The molecule has 0 bridgehead atoms. The number of hydrogen-bond donors (Lipinski definition) is 0. The highest BCUT2D eigenvalue weighted by atomic mass is 16.1. The Kier molecular flexibility index (Phi) is 2.79. The molecular weight excluding hydrogens is 170 g/mol. The maximum absolute atomic E-state index is 11.4. The Balaban J connectivity index is 3.07. The molecule has 5 heteroatoms. The molecule has 0 aliphatic carbocycles. The van der Waals surface area contributed by atoms with Gasteiger partial charge in [-0.3, -0.25) is 4.79 Å². The van der Waals surface area contributed by atoms with Crippen LogP contribution >= 0.6 is 0 Å². The van der Waals surface area contributed by atoms with Crippen LogP contribution in [0.4, 0.5) is 5.69 Å². The second kappa shape index (κ2) is 3.84. The van der Waals surface area contributed by atoms with Crippen LogP contribution in [0.1, 0.15) is 0 Å². The molecule has 0 unspecified atom stereocenters. The van der Waals surface area contributed by atoms with Crippen molar-refractivity contribution in [3.63, 3.8) is 0 Å². The number of nitrogens with zero attached hydrogens (tertiary/aromatic N) is 3. The Hall–Kier alpha value is -1.65. The van der Waals surface area contributed by atoms with Crippen molar-refractivity contribution in [3.05, 3.63) is 22.6 Å². The summed E-state index contributed by atoms with van der Waals surface area (Å²) in [7, 11) is 3.26. The smallest absolute Gasteiger partial charge is 0.290 e. The standard InChI is InChI=1S/C8H11N3O2/c1-10(5-6-12)7-3-4-9-11(2)8(7)13/h3-4,6H,5H2,1-2H3. The summed E-state index contributed by atoms with van der Waals surface area (Å²) in [5.74, 6) is 0. The minimum atomic E-state index is -0.202. The third-order valence-corrected chi connectivity index (χ3v) is 1.74. The van der Waals surface area contributed by atoms with Gasteiger partial charge in [-0.05, 0) is 6.07 Å². The third-order valence-electron chi connectivity index (χ3n) is 1.74. The molecule has 5 nitrogen and oxygen atoms in total. The van der Waals surface area contributed by atoms with Gasteiger partial charge in [0.1, 0.15) is 12.0 Å². The van der Waals surface area contributed by atoms with Gasteiger partial charge < -0.3 is 9.69 Å². The number of likely N-dealkylation sites (N-methyl/N-ethyl adjacent to an activating group) is 1. The van der Waals surface area contributed by atoms with E-state index in [1.165, 1.54) is 10.9 Å². The lowest BCUT2D eigenvalue weighted by molar-refractivity contribution is -0.106. The molecule has 0 aliphatic rings. The van der Waals surface area contributed by atoms with E-state index in [0.29, 0.717) is 5.69 Å². The lowest BCUT2D eigenvalue weighted by Crippen LogP contribution is -2.30. The van der Waals surface area contributed by atoms with E-state index in [1.807, 2.05) is 0 Å². The molecule has 1 aromatic rings. The summed E-state index contributed by atoms with van der Waals surface area (Å²) < 4.78 is 1.23. The minimum absolute atomic E-state index is 0.202. The van der Waals surface area contributed by atoms with Gasteiger partial charge in [0.15, 0.2) is 0 Å². The predicted octanol–water partition coefficient (Wildman–Crippen LogP) is -0.585. The van der Waals surface area contributed by atoms with Gasteiger partial charge in [-0.1, -0.05) is 0 Å². The van der Waals surface area contributed by atoms with Crippen molar-refractivity contribution in [2.45, 2.75) is 0 Å². The van der Waals surface area contributed by atoms with Crippen LogP contribution in [-0.4, -0.2) is 29.7 Å². The largest absolute Gasteiger partial charge is 0.363 e.